The number of carbonyl (C=O) groups is 1. The van der Waals surface area contributed by atoms with Gasteiger partial charge < -0.3 is 4.90 Å². The van der Waals surface area contributed by atoms with Crippen LogP contribution in [-0.4, -0.2) is 46.0 Å². The van der Waals surface area contributed by atoms with Crippen LogP contribution in [0.15, 0.2) is 36.7 Å². The molecule has 4 rings (SSSR count). The van der Waals surface area contributed by atoms with Crippen molar-refractivity contribution >= 4 is 16.7 Å². The van der Waals surface area contributed by atoms with Crippen molar-refractivity contribution in [3.8, 4) is 6.07 Å². The molecule has 26 heavy (non-hydrogen) atoms. The molecule has 1 aliphatic heterocycles. The summed E-state index contributed by atoms with van der Waals surface area (Å²) in [5.41, 5.74) is 3.12. The van der Waals surface area contributed by atoms with E-state index in [1.807, 2.05) is 18.2 Å². The minimum absolute atomic E-state index is 0.0845. The van der Waals surface area contributed by atoms with Crippen LogP contribution in [0.4, 0.5) is 0 Å². The van der Waals surface area contributed by atoms with Crippen molar-refractivity contribution in [2.24, 2.45) is 0 Å². The molecule has 0 saturated carbocycles. The summed E-state index contributed by atoms with van der Waals surface area (Å²) in [6.45, 7) is 1.91. The van der Waals surface area contributed by atoms with Crippen LogP contribution >= 0.6 is 0 Å². The van der Waals surface area contributed by atoms with Gasteiger partial charge in [-0.1, -0.05) is 12.1 Å². The highest BCUT2D eigenvalue weighted by Crippen LogP contribution is 2.31. The van der Waals surface area contributed by atoms with Gasteiger partial charge in [0, 0.05) is 29.6 Å². The number of H-pyrrole nitrogens is 1. The Bertz CT molecular complexity index is 1000. The lowest BCUT2D eigenvalue weighted by molar-refractivity contribution is 0.103. The van der Waals surface area contributed by atoms with E-state index in [9.17, 15) is 10.1 Å². The molecule has 0 bridgehead atoms. The molecule has 130 valence electrons. The number of aromatic amines is 1. The molecule has 6 nitrogen and oxygen atoms in total. The highest BCUT2D eigenvalue weighted by molar-refractivity contribution is 6.11. The van der Waals surface area contributed by atoms with Crippen molar-refractivity contribution in [3.05, 3.63) is 59.0 Å². The lowest BCUT2D eigenvalue weighted by atomic mass is 9.88. The molecule has 1 aliphatic rings. The van der Waals surface area contributed by atoms with E-state index in [0.717, 1.165) is 37.0 Å². The van der Waals surface area contributed by atoms with Crippen molar-refractivity contribution in [3.63, 3.8) is 0 Å². The number of ketones is 1. The molecule has 3 heterocycles. The number of likely N-dealkylation sites (N-methyl/N-ethyl adjacent to an activating group) is 1. The topological polar surface area (TPSA) is 85.7 Å². The van der Waals surface area contributed by atoms with E-state index in [1.54, 1.807) is 12.3 Å². The number of aromatic nitrogens is 3. The zero-order valence-electron chi connectivity index (χ0n) is 14.6. The molecule has 6 heteroatoms. The van der Waals surface area contributed by atoms with Gasteiger partial charge in [-0.3, -0.25) is 14.9 Å². The van der Waals surface area contributed by atoms with Gasteiger partial charge >= 0.3 is 0 Å². The fourth-order valence-corrected chi connectivity index (χ4v) is 3.72. The number of rotatable bonds is 3. The second-order valence-corrected chi connectivity index (χ2v) is 6.83. The molecular formula is C20H19N5O. The Morgan fingerprint density at radius 2 is 2.31 bits per heavy atom. The number of benzene rings is 1. The Kier molecular flexibility index (Phi) is 4.23. The second-order valence-electron chi connectivity index (χ2n) is 6.83. The van der Waals surface area contributed by atoms with Gasteiger partial charge in [-0.05, 0) is 38.6 Å². The average molecular weight is 345 g/mol. The first-order valence-electron chi connectivity index (χ1n) is 8.73. The predicted molar refractivity (Wildman–Crippen MR) is 98.0 cm³/mol. The van der Waals surface area contributed by atoms with E-state index >= 15 is 0 Å². The number of nitrogens with one attached hydrogen (secondary N) is 1. The zero-order chi connectivity index (χ0) is 18.1. The summed E-state index contributed by atoms with van der Waals surface area (Å²) in [4.78, 5) is 20.2. The molecule has 1 unspecified atom stereocenters. The van der Waals surface area contributed by atoms with E-state index in [0.29, 0.717) is 22.2 Å². The zero-order valence-corrected chi connectivity index (χ0v) is 14.6. The molecule has 0 radical (unpaired) electrons. The summed E-state index contributed by atoms with van der Waals surface area (Å²) in [6.07, 6.45) is 5.20. The van der Waals surface area contributed by atoms with E-state index in [1.165, 1.54) is 6.20 Å². The van der Waals surface area contributed by atoms with Crippen LogP contribution in [0, 0.1) is 11.3 Å². The van der Waals surface area contributed by atoms with Gasteiger partial charge in [-0.2, -0.15) is 10.4 Å². The monoisotopic (exact) mass is 345 g/mol. The van der Waals surface area contributed by atoms with Crippen molar-refractivity contribution in [2.45, 2.75) is 18.8 Å². The number of nitriles is 1. The minimum atomic E-state index is -0.0845. The number of likely N-dealkylation sites (tertiary alicyclic amines) is 1. The summed E-state index contributed by atoms with van der Waals surface area (Å²) in [5.74, 6) is 0.0921. The third-order valence-electron chi connectivity index (χ3n) is 5.01. The summed E-state index contributed by atoms with van der Waals surface area (Å²) in [5, 5.41) is 16.8. The Labute approximate surface area is 151 Å². The molecule has 1 N–H and O–H groups in total. The van der Waals surface area contributed by atoms with E-state index in [4.69, 9.17) is 4.98 Å². The van der Waals surface area contributed by atoms with E-state index in [-0.39, 0.29) is 11.7 Å². The largest absolute Gasteiger partial charge is 0.306 e. The number of piperidine rings is 1. The molecule has 0 aliphatic carbocycles. The summed E-state index contributed by atoms with van der Waals surface area (Å²) < 4.78 is 0. The van der Waals surface area contributed by atoms with Crippen LogP contribution in [0.5, 0.6) is 0 Å². The fourth-order valence-electron chi connectivity index (χ4n) is 3.72. The molecule has 1 aromatic carbocycles. The number of hydrogen-bond acceptors (Lipinski definition) is 5. The molecule has 2 aromatic heterocycles. The maximum Gasteiger partial charge on any atom is 0.198 e. The Balaban J connectivity index is 1.92. The summed E-state index contributed by atoms with van der Waals surface area (Å²) in [7, 11) is 2.09. The Morgan fingerprint density at radius 1 is 1.42 bits per heavy atom. The van der Waals surface area contributed by atoms with Crippen LogP contribution in [0.25, 0.3) is 10.9 Å². The van der Waals surface area contributed by atoms with E-state index in [2.05, 4.69) is 28.2 Å². The average Bonchev–Trinajstić information content (AvgIpc) is 3.20. The Hall–Kier alpha value is -3.04. The first kappa shape index (κ1) is 16.4. The number of para-hydroxylation sites is 1. The van der Waals surface area contributed by atoms with Gasteiger partial charge in [-0.25, -0.2) is 0 Å². The highest BCUT2D eigenvalue weighted by atomic mass is 16.1. The normalized spacial score (nSPS) is 17.9. The molecule has 1 atom stereocenters. The van der Waals surface area contributed by atoms with Crippen molar-refractivity contribution in [2.75, 3.05) is 20.1 Å². The standard InChI is InChI=1S/C20H19N5O/c1-25-7-3-6-15(12-25)19-17(20(26)16-10-22-23-11-16)8-13-4-2-5-14(9-21)18(13)24-19/h2,4-5,8,10-11,15H,3,6-7,12H2,1H3,(H,22,23). The maximum absolute atomic E-state index is 13.1. The molecule has 1 saturated heterocycles. The third kappa shape index (κ3) is 2.87. The number of nitrogens with zero attached hydrogens (tertiary/aromatic N) is 4. The lowest BCUT2D eigenvalue weighted by Gasteiger charge is -2.30. The third-order valence-corrected chi connectivity index (χ3v) is 5.01. The predicted octanol–water partition coefficient (Wildman–Crippen LogP) is 2.87. The molecule has 0 amide bonds. The maximum atomic E-state index is 13.1. The SMILES string of the molecule is CN1CCCC(c2nc3c(C#N)cccc3cc2C(=O)c2cn[nH]c2)C1. The second kappa shape index (κ2) is 6.70. The van der Waals surface area contributed by atoms with Crippen molar-refractivity contribution in [1.29, 1.82) is 5.26 Å². The summed E-state index contributed by atoms with van der Waals surface area (Å²) in [6, 6.07) is 9.57. The van der Waals surface area contributed by atoms with Gasteiger partial charge in [0.2, 0.25) is 0 Å². The van der Waals surface area contributed by atoms with Crippen LogP contribution in [0.3, 0.4) is 0 Å². The fraction of sp³-hybridized carbons (Fsp3) is 0.300. The quantitative estimate of drug-likeness (QED) is 0.738. The smallest absolute Gasteiger partial charge is 0.198 e. The first-order chi connectivity index (χ1) is 12.7. The number of carbonyl (C=O) groups excluding carboxylic acids is 1. The molecule has 3 aromatic rings. The van der Waals surface area contributed by atoms with Gasteiger partial charge in [0.25, 0.3) is 0 Å². The minimum Gasteiger partial charge on any atom is -0.306 e. The van der Waals surface area contributed by atoms with Crippen LogP contribution in [0.1, 0.15) is 45.9 Å². The van der Waals surface area contributed by atoms with Gasteiger partial charge in [0.15, 0.2) is 5.78 Å². The van der Waals surface area contributed by atoms with Crippen LogP contribution < -0.4 is 0 Å². The Morgan fingerprint density at radius 3 is 3.04 bits per heavy atom. The number of hydrogen-bond donors (Lipinski definition) is 1. The first-order valence-corrected chi connectivity index (χ1v) is 8.73. The molecular weight excluding hydrogens is 326 g/mol. The molecule has 0 spiro atoms. The van der Waals surface area contributed by atoms with Crippen molar-refractivity contribution in [1.82, 2.24) is 20.1 Å². The lowest BCUT2D eigenvalue weighted by Crippen LogP contribution is -2.32. The van der Waals surface area contributed by atoms with E-state index < -0.39 is 0 Å². The van der Waals surface area contributed by atoms with Gasteiger partial charge in [0.1, 0.15) is 6.07 Å². The highest BCUT2D eigenvalue weighted by Gasteiger charge is 2.27. The number of pyridine rings is 1. The summed E-state index contributed by atoms with van der Waals surface area (Å²) >= 11 is 0. The van der Waals surface area contributed by atoms with Crippen LogP contribution in [-0.2, 0) is 0 Å². The van der Waals surface area contributed by atoms with Crippen molar-refractivity contribution < 1.29 is 4.79 Å². The van der Waals surface area contributed by atoms with Crippen LogP contribution in [0.2, 0.25) is 0 Å². The molecule has 1 fully saturated rings. The van der Waals surface area contributed by atoms with Gasteiger partial charge in [0.05, 0.1) is 28.5 Å². The van der Waals surface area contributed by atoms with Gasteiger partial charge in [-0.15, -0.1) is 0 Å². The number of fused-ring (bicyclic) bond motifs is 1.